The first kappa shape index (κ1) is 106. The number of hydrogen-bond acceptors (Lipinski definition) is 29. The van der Waals surface area contributed by atoms with Gasteiger partial charge in [-0.1, -0.05) is 83.6 Å². The number of likely N-dealkylation sites (tertiary alicyclic amines) is 1. The van der Waals surface area contributed by atoms with Crippen LogP contribution in [0.25, 0.3) is 33.3 Å². The molecule has 10 rings (SSSR count). The highest BCUT2D eigenvalue weighted by Crippen LogP contribution is 2.56. The Hall–Kier alpha value is -10.9. The molecule has 4 aliphatic heterocycles. The molecular weight excluding hydrogens is 1750 g/mol. The van der Waals surface area contributed by atoms with Gasteiger partial charge in [0, 0.05) is 111 Å². The fourth-order valence-corrected chi connectivity index (χ4v) is 17.5. The van der Waals surface area contributed by atoms with E-state index >= 15 is 9.59 Å². The summed E-state index contributed by atoms with van der Waals surface area (Å²) < 4.78 is 82.0. The molecule has 9 amide bonds. The zero-order valence-corrected chi connectivity index (χ0v) is 79.7. The number of methoxy groups -OCH3 is 1. The van der Waals surface area contributed by atoms with Crippen molar-refractivity contribution in [3.05, 3.63) is 117 Å². The largest absolute Gasteiger partial charge is 0.507 e. The number of rotatable bonds is 48. The molecule has 3 aliphatic carbocycles. The number of nitrogens with zero attached hydrogens (tertiary/aromatic N) is 3. The van der Waals surface area contributed by atoms with Crippen LogP contribution in [-0.2, 0) is 97.0 Å². The number of anilines is 2. The van der Waals surface area contributed by atoms with Crippen molar-refractivity contribution in [1.29, 1.82) is 0 Å². The van der Waals surface area contributed by atoms with Crippen molar-refractivity contribution in [2.24, 2.45) is 59.0 Å². The fraction of sp³-hybridized carbons (Fsp3) is 0.588. The molecule has 4 heterocycles. The number of phenolic OH excluding ortho intramolecular Hbond substituents is 1. The number of ketones is 1. The topological polar surface area (TPSA) is 496 Å². The number of aromatic nitrogens is 1. The first-order valence-electron chi connectivity index (χ1n) is 46.2. The number of Topliss-reactive ketones (excluding diaryl/α,β-unsaturated/α-hetero) is 1. The summed E-state index contributed by atoms with van der Waals surface area (Å²) in [6, 6.07) is 9.17. The predicted molar refractivity (Wildman–Crippen MR) is 496 cm³/mol. The second-order valence-electron chi connectivity index (χ2n) is 36.0. The summed E-state index contributed by atoms with van der Waals surface area (Å²) >= 11 is 0. The van der Waals surface area contributed by atoms with E-state index < -0.39 is 124 Å². The summed E-state index contributed by atoms with van der Waals surface area (Å²) in [5.41, 5.74) is 6.71. The molecule has 0 spiro atoms. The maximum Gasteiger partial charge on any atom is 0.312 e. The number of carbonyl (C=O) groups is 10. The maximum absolute atomic E-state index is 15.2. The number of ether oxygens (including phenoxy) is 13. The summed E-state index contributed by atoms with van der Waals surface area (Å²) in [6.07, 6.45) is 6.60. The zero-order valence-electron chi connectivity index (χ0n) is 79.7. The Balaban J connectivity index is 0.629. The molecule has 2 fully saturated rings. The number of aliphatic hydroxyl groups is 2. The van der Waals surface area contributed by atoms with Gasteiger partial charge in [-0.15, -0.1) is 0 Å². The Morgan fingerprint density at radius 1 is 0.711 bits per heavy atom. The number of esters is 1. The van der Waals surface area contributed by atoms with Crippen LogP contribution >= 0.6 is 0 Å². The van der Waals surface area contributed by atoms with Gasteiger partial charge < -0.3 is 123 Å². The molecule has 3 aromatic rings. The van der Waals surface area contributed by atoms with Gasteiger partial charge in [-0.3, -0.25) is 52.8 Å². The number of nitrogens with two attached hydrogens (primary N) is 1. The van der Waals surface area contributed by atoms with E-state index in [0.717, 1.165) is 12.0 Å². The third kappa shape index (κ3) is 28.4. The molecule has 3 aromatic carbocycles. The smallest absolute Gasteiger partial charge is 0.312 e. The summed E-state index contributed by atoms with van der Waals surface area (Å²) in [6.45, 7) is 24.8. The number of quaternary nitrogens is 1. The highest BCUT2D eigenvalue weighted by atomic mass is 16.7. The molecule has 38 heteroatoms. The van der Waals surface area contributed by atoms with E-state index in [9.17, 15) is 58.5 Å². The highest BCUT2D eigenvalue weighted by molar-refractivity contribution is 6.22. The molecule has 7 aliphatic rings. The van der Waals surface area contributed by atoms with Crippen molar-refractivity contribution in [3.63, 3.8) is 0 Å². The predicted octanol–water partition coefficient (Wildman–Crippen LogP) is 6.84. The first-order chi connectivity index (χ1) is 64.4. The van der Waals surface area contributed by atoms with E-state index in [0.29, 0.717) is 121 Å². The minimum Gasteiger partial charge on any atom is -0.507 e. The molecule has 11 N–H and O–H groups in total. The lowest BCUT2D eigenvalue weighted by atomic mass is 9.78. The number of urea groups is 1. The number of aliphatic hydroxyl groups excluding tert-OH is 2. The lowest BCUT2D eigenvalue weighted by Gasteiger charge is -2.38. The van der Waals surface area contributed by atoms with E-state index in [4.69, 9.17) is 76.7 Å². The number of fused-ring (bicyclic) bond motifs is 7. The normalized spacial score (nSPS) is 23.8. The number of imide groups is 1. The number of carbonyl (C=O) groups excluding carboxylic acids is 10. The van der Waals surface area contributed by atoms with Crippen LogP contribution in [-0.4, -0.2) is 291 Å². The van der Waals surface area contributed by atoms with Gasteiger partial charge in [-0.05, 0) is 88.1 Å². The minimum atomic E-state index is -2.12. The van der Waals surface area contributed by atoms with Crippen LogP contribution in [0.3, 0.4) is 0 Å². The first-order valence-corrected chi connectivity index (χ1v) is 46.2. The molecule has 0 radical (unpaired) electrons. The molecule has 4 unspecified atom stereocenters. The van der Waals surface area contributed by atoms with Gasteiger partial charge in [0.2, 0.25) is 40.9 Å². The third-order valence-corrected chi connectivity index (χ3v) is 25.2. The second kappa shape index (κ2) is 50.3. The van der Waals surface area contributed by atoms with Crippen LogP contribution in [0, 0.1) is 60.2 Å². The van der Waals surface area contributed by atoms with Gasteiger partial charge >= 0.3 is 17.8 Å². The lowest BCUT2D eigenvalue weighted by Crippen LogP contribution is -2.54. The standard InChI is InChI=1S/C97H134N10O28/c1-55(2)80(104-74(110)28-33-123-37-39-125-41-43-127-45-47-129-49-50-130-48-46-128-44-42-126-40-38-124-35-30-99-73(109)26-31-106-94(119)75-65-51-58(5)68(52-65)76(75)95(106)120)93(118)103-70(19-16-29-100-96(98)121)92(117)101-66-22-20-64(21-23-66)54-107(12,13)32-36-131-67-24-25-69-72(53-67)134-89-81(102-69)77-78-85(113)62(9)88-79(77)90(115)97(11,135-88)132-34-27-71(122-14)59(6)87(133-63(10)108)61(8)84(112)60(7)83(111)56(3)17-15-18-57(4)91(116)105-82(89)86(78)114/h15,17-18,20-25,27,34,51,53,55-56,59-61,65,68,70-71,75-76,80,83-84,87,111-112H,16,19,26,28-33,35-50,52,54H2,1-14H3,(H8-,98,99,100,101,102,103,104,105,109,110,113,114,115,116,117,118,121)/p+1/b17-15+,34-27+,57-18-/t56-,59+,60+,61+,65?,68?,70-,71-,75?,76?,80-,83-,84+,87+,97-/m0/s1. The number of nitrogens with one attached hydrogen (secondary N) is 6. The van der Waals surface area contributed by atoms with E-state index in [1.54, 1.807) is 84.0 Å². The van der Waals surface area contributed by atoms with Crippen LogP contribution in [0.4, 0.5) is 16.2 Å². The lowest BCUT2D eigenvalue weighted by molar-refractivity contribution is -0.903. The van der Waals surface area contributed by atoms with Gasteiger partial charge in [0.1, 0.15) is 72.0 Å². The number of amides is 9. The Labute approximate surface area is 785 Å². The zero-order chi connectivity index (χ0) is 98.0. The number of likely N-dealkylation sites (N-methyl/N-ethyl adjacent to an activating group) is 1. The quantitative estimate of drug-likeness (QED) is 0.00362. The van der Waals surface area contributed by atoms with Crippen LogP contribution < -0.4 is 52.5 Å². The molecule has 6 bridgehead atoms. The van der Waals surface area contributed by atoms with E-state index in [1.165, 1.54) is 63.7 Å². The van der Waals surface area contributed by atoms with Crippen LogP contribution in [0.5, 0.6) is 17.2 Å². The minimum absolute atomic E-state index is 0.00660. The van der Waals surface area contributed by atoms with E-state index in [1.807, 2.05) is 33.2 Å². The number of phenols is 1. The highest BCUT2D eigenvalue weighted by Gasteiger charge is 2.61. The summed E-state index contributed by atoms with van der Waals surface area (Å²) in [5.74, 6) is -10.3. The number of aromatic hydroxyl groups is 1. The van der Waals surface area contributed by atoms with Crippen molar-refractivity contribution < 1.29 is 134 Å². The van der Waals surface area contributed by atoms with Crippen molar-refractivity contribution >= 4 is 92.4 Å². The molecule has 38 nitrogen and oxygen atoms in total. The van der Waals surface area contributed by atoms with Gasteiger partial charge in [-0.2, -0.15) is 0 Å². The second-order valence-corrected chi connectivity index (χ2v) is 36.0. The Morgan fingerprint density at radius 2 is 1.33 bits per heavy atom. The maximum atomic E-state index is 15.2. The van der Waals surface area contributed by atoms with Crippen LogP contribution in [0.15, 0.2) is 99.5 Å². The molecule has 1 saturated carbocycles. The van der Waals surface area contributed by atoms with Crippen molar-refractivity contribution in [1.82, 2.24) is 31.2 Å². The average Bonchev–Trinajstić information content (AvgIpc) is 1.65. The monoisotopic (exact) mass is 1890 g/mol. The molecule has 1 saturated heterocycles. The van der Waals surface area contributed by atoms with Crippen LogP contribution in [0.2, 0.25) is 0 Å². The Morgan fingerprint density at radius 3 is 1.93 bits per heavy atom. The van der Waals surface area contributed by atoms with Crippen molar-refractivity contribution in [2.45, 2.75) is 157 Å². The fourth-order valence-electron chi connectivity index (χ4n) is 17.5. The molecule has 15 atom stereocenters. The number of primary amides is 1. The third-order valence-electron chi connectivity index (χ3n) is 25.2. The number of hydrogen-bond donors (Lipinski definition) is 10. The van der Waals surface area contributed by atoms with E-state index in [2.05, 4.69) is 38.0 Å². The average molecular weight is 1890 g/mol. The van der Waals surface area contributed by atoms with Gasteiger partial charge in [0.25, 0.3) is 11.7 Å². The summed E-state index contributed by atoms with van der Waals surface area (Å²) in [7, 11) is 5.44. The molecule has 740 valence electrons. The van der Waals surface area contributed by atoms with Crippen molar-refractivity contribution in [2.75, 3.05) is 170 Å². The summed E-state index contributed by atoms with van der Waals surface area (Å²) in [4.78, 5) is 154. The SMILES string of the molecule is CO[C@H]1/C=C/O[C@@]2(C)Oc3c(C)c(O)c4c(=O)c(c5oc6cc(OCC[N+](C)(C)Cc7ccc(NC(=O)[C@H](CCCNC(N)=O)NC(=O)[C@@H](NC(=O)CCOCCOCCOCCOCCOCCOCCOCCOCCNC(=O)CCN8C(=O)C9C%10C=C(C)C(C%10)C9C8=O)C(C)C)cc7)ccc6nc-5c4c3C2=O)NC(=O)/C(C)=C\C=C\[C@H](C)[C@H](O)[C@@H](C)[C@@H](O)[C@@H](C)[C@H](OC(C)=O)[C@@H]1C. The molecule has 0 aromatic heterocycles. The molecule has 135 heavy (non-hydrogen) atoms. The van der Waals surface area contributed by atoms with Gasteiger partial charge in [-0.25, -0.2) is 9.78 Å². The van der Waals surface area contributed by atoms with Crippen LogP contribution in [0.1, 0.15) is 123 Å². The van der Waals surface area contributed by atoms with Gasteiger partial charge in [0.15, 0.2) is 11.3 Å². The Bertz CT molecular complexity index is 5110. The summed E-state index contributed by atoms with van der Waals surface area (Å²) in [5, 5.41) is 51.4. The van der Waals surface area contributed by atoms with E-state index in [-0.39, 0.29) is 168 Å². The number of allylic oxidation sites excluding steroid dienone is 4. The molecular formula is C97H135N10O28+. The Kier molecular flexibility index (Phi) is 39.5. The number of benzene rings is 4. The van der Waals surface area contributed by atoms with Crippen molar-refractivity contribution in [3.8, 4) is 28.7 Å². The van der Waals surface area contributed by atoms with Gasteiger partial charge in [0.05, 0.1) is 167 Å².